The number of aliphatic hydroxyl groups excluding tert-OH is 1. The molecule has 26 heavy (non-hydrogen) atoms. The van der Waals surface area contributed by atoms with Gasteiger partial charge in [0.15, 0.2) is 5.69 Å². The molecule has 142 valence electrons. The van der Waals surface area contributed by atoms with Gasteiger partial charge in [-0.1, -0.05) is 19.0 Å². The fraction of sp³-hybridized carbons (Fsp3) is 0.647. The highest BCUT2D eigenvalue weighted by atomic mass is 16.5. The Kier molecular flexibility index (Phi) is 4.99. The summed E-state index contributed by atoms with van der Waals surface area (Å²) in [7, 11) is 0. The fourth-order valence-corrected chi connectivity index (χ4v) is 3.75. The summed E-state index contributed by atoms with van der Waals surface area (Å²) in [5.74, 6) is -0.314. The molecule has 3 rings (SSSR count). The number of likely N-dealkylation sites (tertiary alicyclic amines) is 1. The van der Waals surface area contributed by atoms with Crippen LogP contribution in [0.4, 0.5) is 4.79 Å². The van der Waals surface area contributed by atoms with Crippen LogP contribution in [0.15, 0.2) is 16.9 Å². The Morgan fingerprint density at radius 2 is 2.04 bits per heavy atom. The zero-order valence-electron chi connectivity index (χ0n) is 15.1. The summed E-state index contributed by atoms with van der Waals surface area (Å²) in [6.07, 6.45) is 2.08. The molecule has 0 unspecified atom stereocenters. The number of hydrogen-bond donors (Lipinski definition) is 1. The first-order chi connectivity index (χ1) is 12.4. The number of rotatable bonds is 5. The van der Waals surface area contributed by atoms with E-state index in [1.54, 1.807) is 9.80 Å². The van der Waals surface area contributed by atoms with Crippen LogP contribution in [0.2, 0.25) is 0 Å². The lowest BCUT2D eigenvalue weighted by atomic mass is 9.85. The lowest BCUT2D eigenvalue weighted by molar-refractivity contribution is -0.135. The van der Waals surface area contributed by atoms with Crippen molar-refractivity contribution in [1.29, 1.82) is 0 Å². The van der Waals surface area contributed by atoms with Crippen LogP contribution >= 0.6 is 0 Å². The molecule has 0 bridgehead atoms. The van der Waals surface area contributed by atoms with E-state index in [2.05, 4.69) is 5.16 Å². The molecular formula is C17H24N4O5. The Bertz CT molecular complexity index is 679. The quantitative estimate of drug-likeness (QED) is 0.765. The number of β-amino-alcohol motifs (C(OH)–C–C–N with tert-alkyl or cyclic N) is 1. The van der Waals surface area contributed by atoms with E-state index in [9.17, 15) is 19.5 Å². The van der Waals surface area contributed by atoms with Crippen molar-refractivity contribution in [3.8, 4) is 0 Å². The minimum Gasteiger partial charge on any atom is -0.395 e. The topological polar surface area (TPSA) is 107 Å². The lowest BCUT2D eigenvalue weighted by Gasteiger charge is -2.42. The molecule has 1 spiro atoms. The maximum absolute atomic E-state index is 13.0. The van der Waals surface area contributed by atoms with Gasteiger partial charge in [-0.05, 0) is 18.8 Å². The number of aromatic nitrogens is 1. The first-order valence-corrected chi connectivity index (χ1v) is 8.85. The van der Waals surface area contributed by atoms with Gasteiger partial charge in [0.1, 0.15) is 11.8 Å². The number of amides is 4. The van der Waals surface area contributed by atoms with E-state index in [0.29, 0.717) is 32.5 Å². The van der Waals surface area contributed by atoms with Gasteiger partial charge < -0.3 is 19.4 Å². The highest BCUT2D eigenvalue weighted by molar-refractivity contribution is 6.07. The van der Waals surface area contributed by atoms with Crippen molar-refractivity contribution in [1.82, 2.24) is 19.9 Å². The summed E-state index contributed by atoms with van der Waals surface area (Å²) in [5, 5.41) is 12.9. The molecular weight excluding hydrogens is 340 g/mol. The van der Waals surface area contributed by atoms with Gasteiger partial charge in [-0.25, -0.2) is 4.79 Å². The molecule has 1 aromatic rings. The van der Waals surface area contributed by atoms with Crippen LogP contribution in [0.25, 0.3) is 0 Å². The third-order valence-electron chi connectivity index (χ3n) is 5.03. The predicted octanol–water partition coefficient (Wildman–Crippen LogP) is 0.562. The number of nitrogens with zero attached hydrogens (tertiary/aromatic N) is 4. The third-order valence-corrected chi connectivity index (χ3v) is 5.03. The van der Waals surface area contributed by atoms with Crippen LogP contribution in [0.5, 0.6) is 0 Å². The van der Waals surface area contributed by atoms with Crippen LogP contribution in [-0.4, -0.2) is 81.1 Å². The minimum absolute atomic E-state index is 0.00437. The van der Waals surface area contributed by atoms with E-state index < -0.39 is 5.54 Å². The van der Waals surface area contributed by atoms with Gasteiger partial charge >= 0.3 is 6.03 Å². The molecule has 9 nitrogen and oxygen atoms in total. The van der Waals surface area contributed by atoms with Crippen molar-refractivity contribution in [2.24, 2.45) is 5.92 Å². The Hall–Kier alpha value is -2.42. The maximum atomic E-state index is 13.0. The van der Waals surface area contributed by atoms with E-state index >= 15 is 0 Å². The Morgan fingerprint density at radius 3 is 2.58 bits per heavy atom. The van der Waals surface area contributed by atoms with E-state index in [1.165, 1.54) is 12.3 Å². The number of carbonyl (C=O) groups excluding carboxylic acids is 3. The average Bonchev–Trinajstić information content (AvgIpc) is 3.21. The van der Waals surface area contributed by atoms with Gasteiger partial charge in [0.05, 0.1) is 13.2 Å². The van der Waals surface area contributed by atoms with Crippen LogP contribution in [0.1, 0.15) is 37.2 Å². The van der Waals surface area contributed by atoms with Crippen LogP contribution in [0.3, 0.4) is 0 Å². The second-order valence-corrected chi connectivity index (χ2v) is 7.18. The van der Waals surface area contributed by atoms with Crippen molar-refractivity contribution in [2.45, 2.75) is 32.2 Å². The Balaban J connectivity index is 1.80. The summed E-state index contributed by atoms with van der Waals surface area (Å²) in [6, 6.07) is 1.15. The molecule has 2 aliphatic heterocycles. The number of urea groups is 1. The fourth-order valence-electron chi connectivity index (χ4n) is 3.75. The van der Waals surface area contributed by atoms with E-state index in [1.807, 2.05) is 13.8 Å². The number of aliphatic hydroxyl groups is 1. The third kappa shape index (κ3) is 2.96. The molecule has 4 amide bonds. The predicted molar refractivity (Wildman–Crippen MR) is 90.1 cm³/mol. The highest BCUT2D eigenvalue weighted by Crippen LogP contribution is 2.38. The summed E-state index contributed by atoms with van der Waals surface area (Å²) >= 11 is 0. The summed E-state index contributed by atoms with van der Waals surface area (Å²) in [6.45, 7) is 4.88. The largest absolute Gasteiger partial charge is 0.395 e. The number of hydrogen-bond acceptors (Lipinski definition) is 6. The number of imide groups is 1. The lowest BCUT2D eigenvalue weighted by Crippen LogP contribution is -2.58. The summed E-state index contributed by atoms with van der Waals surface area (Å²) < 4.78 is 4.72. The Labute approximate surface area is 151 Å². The van der Waals surface area contributed by atoms with Crippen molar-refractivity contribution < 1.29 is 24.0 Å². The summed E-state index contributed by atoms with van der Waals surface area (Å²) in [5.41, 5.74) is -0.701. The number of carbonyl (C=O) groups is 3. The zero-order valence-corrected chi connectivity index (χ0v) is 15.1. The normalized spacial score (nSPS) is 19.9. The molecule has 0 aromatic carbocycles. The van der Waals surface area contributed by atoms with Crippen LogP contribution < -0.4 is 0 Å². The first-order valence-electron chi connectivity index (χ1n) is 8.85. The minimum atomic E-state index is -0.933. The van der Waals surface area contributed by atoms with Gasteiger partial charge in [0, 0.05) is 25.7 Å². The van der Waals surface area contributed by atoms with Gasteiger partial charge in [0.25, 0.3) is 11.8 Å². The molecule has 1 aromatic heterocycles. The van der Waals surface area contributed by atoms with Gasteiger partial charge in [-0.3, -0.25) is 14.5 Å². The smallest absolute Gasteiger partial charge is 0.327 e. The molecule has 0 atom stereocenters. The monoisotopic (exact) mass is 364 g/mol. The standard InChI is InChI=1S/C17H24N4O5/c1-12(2)11-21-16(25)20(8-9-22)15(24)17(21)4-6-19(7-5-17)14(23)13-3-10-26-18-13/h3,10,12,22H,4-9,11H2,1-2H3. The Morgan fingerprint density at radius 1 is 1.35 bits per heavy atom. The second-order valence-electron chi connectivity index (χ2n) is 7.18. The first kappa shape index (κ1) is 18.4. The van der Waals surface area contributed by atoms with Crippen molar-refractivity contribution >= 4 is 17.8 Å². The molecule has 0 saturated carbocycles. The molecule has 1 N–H and O–H groups in total. The molecule has 9 heteroatoms. The van der Waals surface area contributed by atoms with Crippen molar-refractivity contribution in [3.05, 3.63) is 18.0 Å². The summed E-state index contributed by atoms with van der Waals surface area (Å²) in [4.78, 5) is 42.6. The highest BCUT2D eigenvalue weighted by Gasteiger charge is 2.58. The van der Waals surface area contributed by atoms with Crippen molar-refractivity contribution in [2.75, 3.05) is 32.8 Å². The maximum Gasteiger partial charge on any atom is 0.327 e. The zero-order chi connectivity index (χ0) is 18.9. The average molecular weight is 364 g/mol. The molecule has 0 radical (unpaired) electrons. The molecule has 3 heterocycles. The van der Waals surface area contributed by atoms with Gasteiger partial charge in [-0.15, -0.1) is 0 Å². The van der Waals surface area contributed by atoms with Gasteiger partial charge in [-0.2, -0.15) is 0 Å². The second kappa shape index (κ2) is 7.06. The SMILES string of the molecule is CC(C)CN1C(=O)N(CCO)C(=O)C12CCN(C(=O)c1ccon1)CC2. The molecule has 0 aliphatic carbocycles. The van der Waals surface area contributed by atoms with Crippen molar-refractivity contribution in [3.63, 3.8) is 0 Å². The number of piperidine rings is 1. The molecule has 2 aliphatic rings. The van der Waals surface area contributed by atoms with Crippen LogP contribution in [0, 0.1) is 5.92 Å². The van der Waals surface area contributed by atoms with Gasteiger partial charge in [0.2, 0.25) is 0 Å². The van der Waals surface area contributed by atoms with E-state index in [0.717, 1.165) is 4.90 Å². The molecule has 2 fully saturated rings. The van der Waals surface area contributed by atoms with Crippen LogP contribution in [-0.2, 0) is 4.79 Å². The van der Waals surface area contributed by atoms with E-state index in [4.69, 9.17) is 4.52 Å². The van der Waals surface area contributed by atoms with E-state index in [-0.39, 0.29) is 42.6 Å². The molecule has 2 saturated heterocycles.